The number of nitrogens with zero attached hydrogens (tertiary/aromatic N) is 2. The van der Waals surface area contributed by atoms with Gasteiger partial charge in [0.25, 0.3) is 12.0 Å². The number of carboxylic acid groups (broad SMARTS) is 4. The van der Waals surface area contributed by atoms with E-state index in [4.69, 9.17) is 30.0 Å². The molecule has 8 atom stereocenters. The van der Waals surface area contributed by atoms with Gasteiger partial charge in [0.05, 0.1) is 59.9 Å². The number of amides is 6. The van der Waals surface area contributed by atoms with E-state index in [2.05, 4.69) is 36.6 Å². The van der Waals surface area contributed by atoms with E-state index in [1.165, 1.54) is 4.57 Å². The fourth-order valence-corrected chi connectivity index (χ4v) is 14.0. The number of para-hydroxylation sites is 1. The minimum atomic E-state index is -2.04. The number of benzene rings is 3. The van der Waals surface area contributed by atoms with Crippen molar-refractivity contribution >= 4 is 116 Å². The average Bonchev–Trinajstić information content (AvgIpc) is 1.46. The van der Waals surface area contributed by atoms with Crippen molar-refractivity contribution in [1.29, 1.82) is 0 Å². The summed E-state index contributed by atoms with van der Waals surface area (Å²) in [5.41, 5.74) is 7.85. The van der Waals surface area contributed by atoms with Crippen LogP contribution >= 0.6 is 21.6 Å². The van der Waals surface area contributed by atoms with Gasteiger partial charge in [-0.1, -0.05) is 127 Å². The van der Waals surface area contributed by atoms with Gasteiger partial charge in [-0.25, -0.2) is 24.2 Å². The summed E-state index contributed by atoms with van der Waals surface area (Å²) >= 11 is 0. The van der Waals surface area contributed by atoms with Gasteiger partial charge in [-0.15, -0.1) is 0 Å². The number of ether oxygens (including phenoxy) is 4. The molecular weight excluding hydrogens is 1420 g/mol. The number of aromatic nitrogens is 2. The fourth-order valence-electron chi connectivity index (χ4n) is 11.9. The van der Waals surface area contributed by atoms with Crippen LogP contribution in [0.4, 0.5) is 9.59 Å². The Morgan fingerprint density at radius 2 is 1.35 bits per heavy atom. The predicted molar refractivity (Wildman–Crippen MR) is 382 cm³/mol. The molecule has 106 heavy (non-hydrogen) atoms. The highest BCUT2D eigenvalue weighted by Gasteiger charge is 2.51. The Hall–Kier alpha value is -10.7. The first kappa shape index (κ1) is 82.5. The predicted octanol–water partition coefficient (Wildman–Crippen LogP) is 4.58. The third-order valence-corrected chi connectivity index (χ3v) is 20.0. The van der Waals surface area contributed by atoms with Crippen molar-refractivity contribution < 1.29 is 106 Å². The first-order valence-corrected chi connectivity index (χ1v) is 36.8. The molecule has 0 radical (unpaired) electrons. The Labute approximate surface area is 615 Å². The zero-order chi connectivity index (χ0) is 76.9. The van der Waals surface area contributed by atoms with Gasteiger partial charge in [0, 0.05) is 79.1 Å². The number of cyclic esters (lactones) is 1. The van der Waals surface area contributed by atoms with Crippen LogP contribution in [0.2, 0.25) is 0 Å². The number of nitrogens with two attached hydrogens (primary N) is 1. The summed E-state index contributed by atoms with van der Waals surface area (Å²) < 4.78 is 22.6. The molecule has 7 rings (SSSR count). The van der Waals surface area contributed by atoms with Gasteiger partial charge in [0.2, 0.25) is 29.2 Å². The summed E-state index contributed by atoms with van der Waals surface area (Å²) in [6, 6.07) is 21.6. The van der Waals surface area contributed by atoms with E-state index in [1.807, 2.05) is 30.3 Å². The zero-order valence-electron chi connectivity index (χ0n) is 58.0. The Balaban J connectivity index is 0.846. The summed E-state index contributed by atoms with van der Waals surface area (Å²) in [4.78, 5) is 197. The second-order valence-electron chi connectivity index (χ2n) is 25.2. The molecule has 34 heteroatoms. The van der Waals surface area contributed by atoms with Gasteiger partial charge >= 0.3 is 42.0 Å². The lowest BCUT2D eigenvalue weighted by molar-refractivity contribution is -0.175. The van der Waals surface area contributed by atoms with Crippen LogP contribution in [0.5, 0.6) is 0 Å². The van der Waals surface area contributed by atoms with Crippen molar-refractivity contribution in [2.45, 2.75) is 159 Å². The Kier molecular flexibility index (Phi) is 32.0. The second kappa shape index (κ2) is 41.1. The molecule has 0 fully saturated rings. The van der Waals surface area contributed by atoms with Crippen LogP contribution in [-0.4, -0.2) is 175 Å². The van der Waals surface area contributed by atoms with Crippen molar-refractivity contribution in [2.75, 3.05) is 31.2 Å². The lowest BCUT2D eigenvalue weighted by atomic mass is 9.85. The van der Waals surface area contributed by atoms with Crippen LogP contribution < -0.4 is 43.2 Å². The van der Waals surface area contributed by atoms with Gasteiger partial charge in [0.15, 0.2) is 17.8 Å². The smallest absolute Gasteiger partial charge is 0.481 e. The van der Waals surface area contributed by atoms with E-state index >= 15 is 0 Å². The van der Waals surface area contributed by atoms with Crippen LogP contribution in [0, 0.1) is 11.8 Å². The molecule has 2 aromatic heterocycles. The molecule has 0 saturated heterocycles. The number of nitrogens with one attached hydrogen (secondary N) is 6. The maximum absolute atomic E-state index is 14.4. The maximum Gasteiger partial charge on any atom is 0.509 e. The number of Topliss-reactive ketones (excluding diaryl/α,β-unsaturated/α-hetero) is 2. The highest BCUT2D eigenvalue weighted by molar-refractivity contribution is 8.76. The molecule has 0 aliphatic carbocycles. The number of aliphatic carboxylic acids is 4. The van der Waals surface area contributed by atoms with Gasteiger partial charge in [-0.2, -0.15) is 0 Å². The number of carbonyl (C=O) groups excluding carboxylic acids is 10. The number of pyridine rings is 2. The monoisotopic (exact) mass is 1510 g/mol. The first-order valence-electron chi connectivity index (χ1n) is 34.3. The van der Waals surface area contributed by atoms with Gasteiger partial charge in [0.1, 0.15) is 25.3 Å². The second-order valence-corrected chi connectivity index (χ2v) is 27.8. The van der Waals surface area contributed by atoms with Crippen molar-refractivity contribution in [3.05, 3.63) is 135 Å². The van der Waals surface area contributed by atoms with Crippen LogP contribution in [-0.2, 0) is 108 Å². The van der Waals surface area contributed by atoms with Crippen molar-refractivity contribution in [1.82, 2.24) is 41.5 Å². The molecule has 568 valence electrons. The summed E-state index contributed by atoms with van der Waals surface area (Å²) in [5.74, 6) is -13.2. The number of hydrogen-bond acceptors (Lipinski definition) is 23. The number of carboxylic acids is 4. The van der Waals surface area contributed by atoms with Crippen LogP contribution in [0.3, 0.4) is 0 Å². The topological polar surface area (TPSA) is 490 Å². The number of urea groups is 1. The Morgan fingerprint density at radius 1 is 0.679 bits per heavy atom. The maximum atomic E-state index is 14.4. The molecule has 32 nitrogen and oxygen atoms in total. The van der Waals surface area contributed by atoms with Gasteiger partial charge < -0.3 is 81.6 Å². The van der Waals surface area contributed by atoms with Crippen molar-refractivity contribution in [3.63, 3.8) is 0 Å². The summed E-state index contributed by atoms with van der Waals surface area (Å²) in [7, 11) is 2.05. The molecule has 0 spiro atoms. The largest absolute Gasteiger partial charge is 0.509 e. The molecule has 0 unspecified atom stereocenters. The Bertz CT molecular complexity index is 4070. The molecular formula is C72H85N9O23S2. The number of fused-ring (bicyclic) bond motifs is 5. The molecule has 3 aromatic carbocycles. The lowest BCUT2D eigenvalue weighted by Gasteiger charge is -2.35. The SMILES string of the molecule is CC[C@@]1(OC(=O)OCCSSC[C@H](CC(=O)[C@H](CC(=O)O)NC(=O)[C@@H](N)CNC(=O)[C@@H](CC(=O)[C@H](Cc2ccccc2)NC(=O)CCCCCCCNC(=O)CC[C@H](NC(=O)N[C@@H](CCC(=O)O)OC=O)C(=O)O)Cc2ccccc2)C(=O)O)C(=O)OCc2c1cc1n(c2=O)Cc2cc3ccccc3nc2-1. The lowest BCUT2D eigenvalue weighted by Crippen LogP contribution is -2.53. The normalized spacial score (nSPS) is 15.3. The zero-order valence-corrected chi connectivity index (χ0v) is 59.6. The fraction of sp³-hybridized carbons (Fsp3) is 0.444. The molecule has 0 bridgehead atoms. The van der Waals surface area contributed by atoms with Crippen LogP contribution in [0.1, 0.15) is 125 Å². The van der Waals surface area contributed by atoms with Crippen molar-refractivity contribution in [3.8, 4) is 11.4 Å². The van der Waals surface area contributed by atoms with Crippen LogP contribution in [0.15, 0.2) is 102 Å². The van der Waals surface area contributed by atoms with Gasteiger partial charge in [-0.3, -0.25) is 52.7 Å². The molecule has 2 aliphatic heterocycles. The number of ketones is 2. The minimum absolute atomic E-state index is 0.000655. The molecule has 4 heterocycles. The summed E-state index contributed by atoms with van der Waals surface area (Å²) in [6.07, 6.45) is -2.98. The number of hydrogen-bond donors (Lipinski definition) is 11. The quantitative estimate of drug-likeness (QED) is 0.00622. The molecule has 6 amide bonds. The van der Waals surface area contributed by atoms with E-state index in [0.29, 0.717) is 60.1 Å². The first-order chi connectivity index (χ1) is 50.8. The third kappa shape index (κ3) is 24.7. The summed E-state index contributed by atoms with van der Waals surface area (Å²) in [6.45, 7) is 0.859. The molecule has 5 aromatic rings. The third-order valence-electron chi connectivity index (χ3n) is 17.5. The van der Waals surface area contributed by atoms with E-state index in [0.717, 1.165) is 32.5 Å². The van der Waals surface area contributed by atoms with Crippen LogP contribution in [0.25, 0.3) is 22.3 Å². The molecule has 0 saturated carbocycles. The number of carbonyl (C=O) groups is 14. The van der Waals surface area contributed by atoms with E-state index in [-0.39, 0.29) is 107 Å². The Morgan fingerprint density at radius 3 is 2.03 bits per heavy atom. The molecule has 12 N–H and O–H groups in total. The highest BCUT2D eigenvalue weighted by atomic mass is 33.1. The number of unbranched alkanes of at least 4 members (excludes halogenated alkanes) is 4. The number of rotatable bonds is 46. The van der Waals surface area contributed by atoms with Gasteiger partial charge in [-0.05, 0) is 67.9 Å². The standard InChI is InChI=1S/C72H85N9O23S2/c1-2-72(49-35-55-63-46(32-44-20-13-14-21-51(44)77-63)38-81(55)66(93)48(49)39-102-69(72)98)104-71(100)101-28-29-105-106-40-47(67(94)95)34-57(84)54(36-62(89)90)78-65(92)50(73)37-75-64(91)45(30-42-16-8-6-9-17-42)33-56(83)53(31-43-18-10-7-11-19-43)76-59(86)22-12-4-3-5-15-27-74-58(85)24-23-52(68(96)97)79-70(99)80-60(103-41-82)25-26-61(87)88/h6-11,13-14,16-21,32,35,41,45,47,50,52-54,60H,2-5,12,15,22-31,33-34,36-40,73H2,1H3,(H,74,85)(H,75,91)(H,76,86)(H,78,92)(H,87,88)(H,89,90)(H,94,95)(H,96,97)(H2,79,80,99)/t45-,47+,50+,52+,53+,54+,60-,72+/m1/s1. The van der Waals surface area contributed by atoms with E-state index in [1.54, 1.807) is 73.7 Å². The minimum Gasteiger partial charge on any atom is -0.481 e. The van der Waals surface area contributed by atoms with Crippen molar-refractivity contribution in [2.24, 2.45) is 17.6 Å². The summed E-state index contributed by atoms with van der Waals surface area (Å²) in [5, 5.41) is 53.9. The highest BCUT2D eigenvalue weighted by Crippen LogP contribution is 2.41. The average molecular weight is 1510 g/mol. The number of esters is 1. The van der Waals surface area contributed by atoms with E-state index in [9.17, 15) is 87.2 Å². The van der Waals surface area contributed by atoms with E-state index < -0.39 is 156 Å². The molecule has 2 aliphatic rings.